The monoisotopic (exact) mass is 221 g/mol. The van der Waals surface area contributed by atoms with Crippen LogP contribution in [0.2, 0.25) is 0 Å². The summed E-state index contributed by atoms with van der Waals surface area (Å²) in [6.45, 7) is 0. The highest BCUT2D eigenvalue weighted by Gasteiger charge is 2.46. The van der Waals surface area contributed by atoms with E-state index >= 15 is 0 Å². The number of nitrogens with one attached hydrogen (secondary N) is 1. The molecular weight excluding hydrogens is 207 g/mol. The van der Waals surface area contributed by atoms with Gasteiger partial charge >= 0.3 is 6.18 Å². The van der Waals surface area contributed by atoms with Crippen LogP contribution in [0.25, 0.3) is 0 Å². The van der Waals surface area contributed by atoms with Crippen LogP contribution < -0.4 is 5.32 Å². The maximum atomic E-state index is 12.3. The highest BCUT2D eigenvalue weighted by atomic mass is 19.4. The van der Waals surface area contributed by atoms with Gasteiger partial charge in [0.05, 0.1) is 5.92 Å². The van der Waals surface area contributed by atoms with Gasteiger partial charge in [0.25, 0.3) is 0 Å². The van der Waals surface area contributed by atoms with Gasteiger partial charge in [0.2, 0.25) is 5.91 Å². The van der Waals surface area contributed by atoms with Gasteiger partial charge in [-0.05, 0) is 32.1 Å². The number of rotatable bonds is 2. The molecule has 0 aromatic rings. The molecule has 1 amide bonds. The van der Waals surface area contributed by atoms with Gasteiger partial charge in [-0.3, -0.25) is 4.79 Å². The van der Waals surface area contributed by atoms with E-state index in [1.807, 2.05) is 0 Å². The molecule has 0 radical (unpaired) electrons. The molecule has 2 rings (SSSR count). The molecule has 0 aromatic carbocycles. The molecule has 5 heteroatoms. The van der Waals surface area contributed by atoms with Gasteiger partial charge in [0, 0.05) is 12.0 Å². The summed E-state index contributed by atoms with van der Waals surface area (Å²) in [5, 5.41) is 2.76. The molecule has 0 saturated heterocycles. The van der Waals surface area contributed by atoms with Crippen molar-refractivity contribution in [1.29, 1.82) is 0 Å². The van der Waals surface area contributed by atoms with Gasteiger partial charge in [0.15, 0.2) is 0 Å². The molecule has 1 N–H and O–H groups in total. The SMILES string of the molecule is O=C(NC1CC1)C1CCC(C(F)(F)F)C1. The topological polar surface area (TPSA) is 29.1 Å². The lowest BCUT2D eigenvalue weighted by molar-refractivity contribution is -0.173. The fraction of sp³-hybridized carbons (Fsp3) is 0.900. The molecule has 2 saturated carbocycles. The summed E-state index contributed by atoms with van der Waals surface area (Å²) >= 11 is 0. The average molecular weight is 221 g/mol. The van der Waals surface area contributed by atoms with Gasteiger partial charge in [-0.25, -0.2) is 0 Å². The van der Waals surface area contributed by atoms with Crippen LogP contribution in [0, 0.1) is 11.8 Å². The Morgan fingerprint density at radius 2 is 1.80 bits per heavy atom. The first kappa shape index (κ1) is 10.8. The van der Waals surface area contributed by atoms with Crippen LogP contribution in [0.1, 0.15) is 32.1 Å². The summed E-state index contributed by atoms with van der Waals surface area (Å²) in [6.07, 6.45) is -1.73. The highest BCUT2D eigenvalue weighted by molar-refractivity contribution is 5.79. The van der Waals surface area contributed by atoms with Gasteiger partial charge in [-0.2, -0.15) is 13.2 Å². The summed E-state index contributed by atoms with van der Waals surface area (Å²) in [6, 6.07) is 0.238. The minimum absolute atomic E-state index is 0.0257. The third kappa shape index (κ3) is 2.63. The summed E-state index contributed by atoms with van der Waals surface area (Å²) in [5.74, 6) is -1.87. The minimum Gasteiger partial charge on any atom is -0.353 e. The molecule has 0 spiro atoms. The maximum absolute atomic E-state index is 12.3. The molecule has 2 aliphatic rings. The molecule has 86 valence electrons. The molecule has 2 atom stereocenters. The van der Waals surface area contributed by atoms with E-state index in [2.05, 4.69) is 5.32 Å². The molecule has 15 heavy (non-hydrogen) atoms. The van der Waals surface area contributed by atoms with E-state index in [0.717, 1.165) is 12.8 Å². The molecule has 0 aliphatic heterocycles. The van der Waals surface area contributed by atoms with E-state index in [4.69, 9.17) is 0 Å². The zero-order chi connectivity index (χ0) is 11.1. The number of amides is 1. The Bertz CT molecular complexity index is 260. The Kier molecular flexibility index (Phi) is 2.64. The van der Waals surface area contributed by atoms with E-state index in [-0.39, 0.29) is 24.8 Å². The van der Waals surface area contributed by atoms with Crippen molar-refractivity contribution in [3.05, 3.63) is 0 Å². The molecule has 2 nitrogen and oxygen atoms in total. The third-order valence-electron chi connectivity index (χ3n) is 3.19. The second-order valence-corrected chi connectivity index (χ2v) is 4.53. The van der Waals surface area contributed by atoms with Crippen LogP contribution in [0.15, 0.2) is 0 Å². The van der Waals surface area contributed by atoms with E-state index < -0.39 is 18.0 Å². The summed E-state index contributed by atoms with van der Waals surface area (Å²) in [5.41, 5.74) is 0. The lowest BCUT2D eigenvalue weighted by Crippen LogP contribution is -2.31. The first-order valence-corrected chi connectivity index (χ1v) is 5.34. The van der Waals surface area contributed by atoms with Crippen LogP contribution in [0.3, 0.4) is 0 Å². The Balaban J connectivity index is 1.83. The zero-order valence-corrected chi connectivity index (χ0v) is 8.31. The summed E-state index contributed by atoms with van der Waals surface area (Å²) in [4.78, 5) is 11.5. The normalized spacial score (nSPS) is 31.7. The number of carbonyl (C=O) groups is 1. The number of hydrogen-bond donors (Lipinski definition) is 1. The van der Waals surface area contributed by atoms with Crippen LogP contribution in [-0.4, -0.2) is 18.1 Å². The molecule has 2 unspecified atom stereocenters. The third-order valence-corrected chi connectivity index (χ3v) is 3.19. The Hall–Kier alpha value is -0.740. The van der Waals surface area contributed by atoms with Crippen molar-refractivity contribution in [2.24, 2.45) is 11.8 Å². The molecule has 0 heterocycles. The highest BCUT2D eigenvalue weighted by Crippen LogP contribution is 2.41. The van der Waals surface area contributed by atoms with Crippen LogP contribution >= 0.6 is 0 Å². The number of halogens is 3. The van der Waals surface area contributed by atoms with Crippen LogP contribution in [-0.2, 0) is 4.79 Å². The number of alkyl halides is 3. The lowest BCUT2D eigenvalue weighted by Gasteiger charge is -2.14. The predicted molar refractivity (Wildman–Crippen MR) is 48.1 cm³/mol. The quantitative estimate of drug-likeness (QED) is 0.761. The van der Waals surface area contributed by atoms with Crippen molar-refractivity contribution in [3.63, 3.8) is 0 Å². The smallest absolute Gasteiger partial charge is 0.353 e. The van der Waals surface area contributed by atoms with Crippen LogP contribution in [0.5, 0.6) is 0 Å². The van der Waals surface area contributed by atoms with E-state index in [1.165, 1.54) is 0 Å². The van der Waals surface area contributed by atoms with Crippen molar-refractivity contribution in [2.75, 3.05) is 0 Å². The van der Waals surface area contributed by atoms with Gasteiger partial charge in [-0.1, -0.05) is 0 Å². The van der Waals surface area contributed by atoms with Gasteiger partial charge in [0.1, 0.15) is 0 Å². The van der Waals surface area contributed by atoms with Crippen molar-refractivity contribution >= 4 is 5.91 Å². The first-order valence-electron chi connectivity index (χ1n) is 5.34. The van der Waals surface area contributed by atoms with Gasteiger partial charge < -0.3 is 5.32 Å². The molecule has 0 bridgehead atoms. The fourth-order valence-electron chi connectivity index (χ4n) is 2.06. The Labute approximate surface area is 86.2 Å². The lowest BCUT2D eigenvalue weighted by atomic mass is 10.0. The number of carbonyl (C=O) groups excluding carboxylic acids is 1. The van der Waals surface area contributed by atoms with Crippen molar-refractivity contribution in [1.82, 2.24) is 5.32 Å². The first-order chi connectivity index (χ1) is 6.97. The second-order valence-electron chi connectivity index (χ2n) is 4.53. The maximum Gasteiger partial charge on any atom is 0.391 e. The molecule has 2 aliphatic carbocycles. The largest absolute Gasteiger partial charge is 0.391 e. The average Bonchev–Trinajstić information content (AvgIpc) is 2.80. The van der Waals surface area contributed by atoms with Crippen LogP contribution in [0.4, 0.5) is 13.2 Å². The van der Waals surface area contributed by atoms with E-state index in [0.29, 0.717) is 6.42 Å². The van der Waals surface area contributed by atoms with E-state index in [9.17, 15) is 18.0 Å². The second kappa shape index (κ2) is 3.68. The molecule has 2 fully saturated rings. The number of hydrogen-bond acceptors (Lipinski definition) is 1. The Morgan fingerprint density at radius 1 is 1.13 bits per heavy atom. The zero-order valence-electron chi connectivity index (χ0n) is 8.31. The molecule has 0 aromatic heterocycles. The van der Waals surface area contributed by atoms with E-state index in [1.54, 1.807) is 0 Å². The summed E-state index contributed by atoms with van der Waals surface area (Å²) in [7, 11) is 0. The summed E-state index contributed by atoms with van der Waals surface area (Å²) < 4.78 is 37.0. The Morgan fingerprint density at radius 3 is 2.27 bits per heavy atom. The fourth-order valence-corrected chi connectivity index (χ4v) is 2.06. The predicted octanol–water partition coefficient (Wildman–Crippen LogP) is 2.24. The molecular formula is C10H14F3NO. The van der Waals surface area contributed by atoms with Gasteiger partial charge in [-0.15, -0.1) is 0 Å². The minimum atomic E-state index is -4.13. The standard InChI is InChI=1S/C10H14F3NO/c11-10(12,13)7-2-1-6(5-7)9(15)14-8-3-4-8/h6-8H,1-5H2,(H,14,15). The van der Waals surface area contributed by atoms with Crippen molar-refractivity contribution < 1.29 is 18.0 Å². The van der Waals surface area contributed by atoms with Crippen molar-refractivity contribution in [3.8, 4) is 0 Å². The van der Waals surface area contributed by atoms with Crippen molar-refractivity contribution in [2.45, 2.75) is 44.3 Å².